The van der Waals surface area contributed by atoms with Crippen LogP contribution in [-0.4, -0.2) is 24.3 Å². The summed E-state index contributed by atoms with van der Waals surface area (Å²) < 4.78 is 5.33. The molecule has 1 unspecified atom stereocenters. The molecule has 0 amide bonds. The van der Waals surface area contributed by atoms with Crippen LogP contribution in [0.15, 0.2) is 60.7 Å². The number of benzene rings is 2. The summed E-state index contributed by atoms with van der Waals surface area (Å²) in [4.78, 5) is 12.0. The van der Waals surface area contributed by atoms with Gasteiger partial charge in [-0.3, -0.25) is 4.79 Å². The largest absolute Gasteiger partial charge is 0.480 e. The number of carboxylic acids is 1. The Balaban J connectivity index is 2.47. The molecule has 3 nitrogen and oxygen atoms in total. The van der Waals surface area contributed by atoms with Gasteiger partial charge in [-0.2, -0.15) is 0 Å². The Hall–Kier alpha value is -3.01. The van der Waals surface area contributed by atoms with Crippen LogP contribution in [0.4, 0.5) is 0 Å². The van der Waals surface area contributed by atoms with Crippen LogP contribution >= 0.6 is 0 Å². The van der Waals surface area contributed by atoms with Crippen LogP contribution in [-0.2, 0) is 14.9 Å². The lowest BCUT2D eigenvalue weighted by atomic mass is 9.81. The minimum absolute atomic E-state index is 0.0366. The summed E-state index contributed by atoms with van der Waals surface area (Å²) in [5.74, 6) is 7.09. The van der Waals surface area contributed by atoms with Gasteiger partial charge < -0.3 is 9.84 Å². The Morgan fingerprint density at radius 2 is 1.70 bits per heavy atom. The first-order valence-electron chi connectivity index (χ1n) is 7.07. The summed E-state index contributed by atoms with van der Waals surface area (Å²) in [6.07, 6.45) is 5.18. The molecule has 0 fully saturated rings. The Labute approximate surface area is 135 Å². The van der Waals surface area contributed by atoms with E-state index in [1.165, 1.54) is 0 Å². The zero-order chi connectivity index (χ0) is 16.5. The minimum atomic E-state index is -1.46. The fourth-order valence-corrected chi connectivity index (χ4v) is 2.12. The van der Waals surface area contributed by atoms with E-state index in [1.807, 2.05) is 36.4 Å². The molecule has 0 aliphatic heterocycles. The Bertz CT molecular complexity index is 748. The number of rotatable bonds is 5. The lowest BCUT2D eigenvalue weighted by Gasteiger charge is -2.24. The molecule has 0 heterocycles. The first-order chi connectivity index (χ1) is 11.2. The van der Waals surface area contributed by atoms with Crippen molar-refractivity contribution in [3.05, 3.63) is 71.8 Å². The summed E-state index contributed by atoms with van der Waals surface area (Å²) in [5.41, 5.74) is -0.160. The molecular weight excluding hydrogens is 288 g/mol. The highest BCUT2D eigenvalue weighted by Gasteiger charge is 2.39. The van der Waals surface area contributed by atoms with Gasteiger partial charge >= 0.3 is 5.97 Å². The van der Waals surface area contributed by atoms with Crippen LogP contribution < -0.4 is 0 Å². The number of terminal acetylenes is 1. The van der Waals surface area contributed by atoms with E-state index in [-0.39, 0.29) is 13.2 Å². The monoisotopic (exact) mass is 304 g/mol. The predicted molar refractivity (Wildman–Crippen MR) is 88.7 cm³/mol. The molecule has 0 saturated carbocycles. The summed E-state index contributed by atoms with van der Waals surface area (Å²) in [6, 6.07) is 18.1. The summed E-state index contributed by atoms with van der Waals surface area (Å²) in [7, 11) is 0. The van der Waals surface area contributed by atoms with Crippen molar-refractivity contribution in [2.45, 2.75) is 5.41 Å². The molecule has 3 heteroatoms. The van der Waals surface area contributed by atoms with E-state index in [0.717, 1.165) is 5.56 Å². The number of ether oxygens (including phenoxy) is 1. The highest BCUT2D eigenvalue weighted by molar-refractivity contribution is 5.86. The highest BCUT2D eigenvalue weighted by Crippen LogP contribution is 2.25. The van der Waals surface area contributed by atoms with Crippen LogP contribution in [0.1, 0.15) is 11.1 Å². The van der Waals surface area contributed by atoms with Crippen molar-refractivity contribution in [1.29, 1.82) is 0 Å². The van der Waals surface area contributed by atoms with E-state index in [9.17, 15) is 9.90 Å². The fraction of sp³-hybridized carbons (Fsp3) is 0.150. The molecular formula is C20H16O3. The number of carbonyl (C=O) groups is 1. The van der Waals surface area contributed by atoms with Crippen molar-refractivity contribution >= 4 is 5.97 Å². The van der Waals surface area contributed by atoms with E-state index >= 15 is 0 Å². The molecule has 0 aliphatic rings. The van der Waals surface area contributed by atoms with Crippen LogP contribution in [0.2, 0.25) is 0 Å². The van der Waals surface area contributed by atoms with Gasteiger partial charge in [0, 0.05) is 5.56 Å². The van der Waals surface area contributed by atoms with E-state index in [0.29, 0.717) is 5.56 Å². The van der Waals surface area contributed by atoms with Crippen molar-refractivity contribution in [2.24, 2.45) is 0 Å². The van der Waals surface area contributed by atoms with E-state index in [4.69, 9.17) is 11.2 Å². The summed E-state index contributed by atoms with van der Waals surface area (Å²) in [6.45, 7) is -0.0781. The van der Waals surface area contributed by atoms with Gasteiger partial charge in [-0.1, -0.05) is 66.3 Å². The molecule has 1 atom stereocenters. The fourth-order valence-electron chi connectivity index (χ4n) is 2.12. The van der Waals surface area contributed by atoms with Crippen LogP contribution in [0.3, 0.4) is 0 Å². The zero-order valence-electron chi connectivity index (χ0n) is 12.5. The van der Waals surface area contributed by atoms with Crippen molar-refractivity contribution in [1.82, 2.24) is 0 Å². The lowest BCUT2D eigenvalue weighted by molar-refractivity contribution is -0.143. The molecule has 2 rings (SSSR count). The van der Waals surface area contributed by atoms with Crippen molar-refractivity contribution < 1.29 is 14.6 Å². The molecule has 1 N–H and O–H groups in total. The van der Waals surface area contributed by atoms with Crippen molar-refractivity contribution in [3.63, 3.8) is 0 Å². The van der Waals surface area contributed by atoms with Gasteiger partial charge in [-0.15, -0.1) is 6.42 Å². The molecule has 0 aliphatic carbocycles. The van der Waals surface area contributed by atoms with Gasteiger partial charge in [-0.05, 0) is 17.7 Å². The maximum Gasteiger partial charge on any atom is 0.328 e. The number of aliphatic carboxylic acids is 1. The molecule has 0 spiro atoms. The van der Waals surface area contributed by atoms with Crippen molar-refractivity contribution in [2.75, 3.05) is 13.2 Å². The maximum absolute atomic E-state index is 12.0. The Morgan fingerprint density at radius 3 is 2.26 bits per heavy atom. The third-order valence-corrected chi connectivity index (χ3v) is 3.33. The number of hydrogen-bond donors (Lipinski definition) is 1. The maximum atomic E-state index is 12.0. The van der Waals surface area contributed by atoms with E-state index in [1.54, 1.807) is 24.3 Å². The SMILES string of the molecule is C#CCOCC(C#Cc1ccccc1)(C(=O)O)c1ccccc1. The summed E-state index contributed by atoms with van der Waals surface area (Å²) >= 11 is 0. The zero-order valence-corrected chi connectivity index (χ0v) is 12.5. The molecule has 0 saturated heterocycles. The third-order valence-electron chi connectivity index (χ3n) is 3.33. The van der Waals surface area contributed by atoms with Gasteiger partial charge in [0.05, 0.1) is 6.61 Å². The first kappa shape index (κ1) is 16.4. The standard InChI is InChI=1S/C20H16O3/c1-2-15-23-16-20(19(21)22,18-11-7-4-8-12-18)14-13-17-9-5-3-6-10-17/h1,3-12H,15-16H2,(H,21,22). The second-order valence-corrected chi connectivity index (χ2v) is 4.89. The first-order valence-corrected chi connectivity index (χ1v) is 7.07. The number of carboxylic acid groups (broad SMARTS) is 1. The summed E-state index contributed by atoms with van der Waals surface area (Å²) in [5, 5.41) is 9.82. The van der Waals surface area contributed by atoms with Crippen LogP contribution in [0.5, 0.6) is 0 Å². The van der Waals surface area contributed by atoms with E-state index in [2.05, 4.69) is 17.8 Å². The lowest BCUT2D eigenvalue weighted by Crippen LogP contribution is -2.39. The average Bonchev–Trinajstić information content (AvgIpc) is 2.59. The van der Waals surface area contributed by atoms with Crippen molar-refractivity contribution in [3.8, 4) is 24.2 Å². The minimum Gasteiger partial charge on any atom is -0.480 e. The van der Waals surface area contributed by atoms with Gasteiger partial charge in [0.1, 0.15) is 6.61 Å². The molecule has 0 bridgehead atoms. The van der Waals surface area contributed by atoms with Gasteiger partial charge in [-0.25, -0.2) is 0 Å². The smallest absolute Gasteiger partial charge is 0.328 e. The normalized spacial score (nSPS) is 12.3. The molecule has 23 heavy (non-hydrogen) atoms. The van der Waals surface area contributed by atoms with Gasteiger partial charge in [0.15, 0.2) is 5.41 Å². The Morgan fingerprint density at radius 1 is 1.09 bits per heavy atom. The van der Waals surface area contributed by atoms with Crippen LogP contribution in [0, 0.1) is 24.2 Å². The van der Waals surface area contributed by atoms with Crippen LogP contribution in [0.25, 0.3) is 0 Å². The second kappa shape index (κ2) is 7.84. The average molecular weight is 304 g/mol. The highest BCUT2D eigenvalue weighted by atomic mass is 16.5. The predicted octanol–water partition coefficient (Wildman–Crippen LogP) is 2.71. The molecule has 0 radical (unpaired) electrons. The third kappa shape index (κ3) is 4.01. The number of hydrogen-bond acceptors (Lipinski definition) is 2. The Kier molecular flexibility index (Phi) is 5.58. The molecule has 114 valence electrons. The second-order valence-electron chi connectivity index (χ2n) is 4.89. The topological polar surface area (TPSA) is 46.5 Å². The van der Waals surface area contributed by atoms with E-state index < -0.39 is 11.4 Å². The quantitative estimate of drug-likeness (QED) is 0.682. The molecule has 2 aromatic carbocycles. The molecule has 2 aromatic rings. The van der Waals surface area contributed by atoms with Gasteiger partial charge in [0.25, 0.3) is 0 Å². The van der Waals surface area contributed by atoms with Gasteiger partial charge in [0.2, 0.25) is 0 Å². The molecule has 0 aromatic heterocycles.